The molecule has 1 amide bonds. The van der Waals surface area contributed by atoms with Gasteiger partial charge >= 0.3 is 0 Å². The highest BCUT2D eigenvalue weighted by Gasteiger charge is 2.21. The molecule has 15 heavy (non-hydrogen) atoms. The number of nitrogens with one attached hydrogen (secondary N) is 3. The maximum atomic E-state index is 11.6. The van der Waals surface area contributed by atoms with Gasteiger partial charge in [0.25, 0.3) is 0 Å². The van der Waals surface area contributed by atoms with Crippen LogP contribution in [0, 0.1) is 0 Å². The monoisotopic (exact) mass is 205 g/mol. The molecule has 3 N–H and O–H groups in total. The molecular weight excluding hydrogens is 190 g/mol. The van der Waals surface area contributed by atoms with E-state index in [1.54, 1.807) is 0 Å². The van der Waals surface area contributed by atoms with Crippen molar-refractivity contribution in [2.24, 2.45) is 0 Å². The Labute approximate surface area is 89.0 Å². The largest absolute Gasteiger partial charge is 0.351 e. The van der Waals surface area contributed by atoms with Crippen LogP contribution in [-0.2, 0) is 11.3 Å². The molecular formula is C11H15N3O. The molecule has 2 rings (SSSR count). The van der Waals surface area contributed by atoms with E-state index in [-0.39, 0.29) is 11.9 Å². The lowest BCUT2D eigenvalue weighted by Gasteiger charge is -2.10. The predicted molar refractivity (Wildman–Crippen MR) is 57.8 cm³/mol. The van der Waals surface area contributed by atoms with Gasteiger partial charge in [0.2, 0.25) is 5.91 Å². The van der Waals surface area contributed by atoms with Gasteiger partial charge in [0.1, 0.15) is 6.04 Å². The Hall–Kier alpha value is -1.39. The second kappa shape index (κ2) is 4.91. The minimum atomic E-state index is -0.0892. The molecule has 1 aromatic carbocycles. The number of hydrazine groups is 1. The minimum absolute atomic E-state index is 0.0591. The van der Waals surface area contributed by atoms with Crippen molar-refractivity contribution in [3.8, 4) is 0 Å². The van der Waals surface area contributed by atoms with E-state index < -0.39 is 0 Å². The highest BCUT2D eigenvalue weighted by atomic mass is 16.2. The topological polar surface area (TPSA) is 53.2 Å². The van der Waals surface area contributed by atoms with Crippen LogP contribution in [0.15, 0.2) is 30.3 Å². The van der Waals surface area contributed by atoms with Gasteiger partial charge in [0.05, 0.1) is 0 Å². The molecule has 0 spiro atoms. The first-order valence-electron chi connectivity index (χ1n) is 5.16. The molecule has 0 bridgehead atoms. The van der Waals surface area contributed by atoms with E-state index in [1.807, 2.05) is 30.3 Å². The van der Waals surface area contributed by atoms with Crippen molar-refractivity contribution in [3.63, 3.8) is 0 Å². The summed E-state index contributed by atoms with van der Waals surface area (Å²) in [6.07, 6.45) is 0.848. The van der Waals surface area contributed by atoms with Crippen LogP contribution in [0.1, 0.15) is 12.0 Å². The van der Waals surface area contributed by atoms with Crippen LogP contribution in [0.5, 0.6) is 0 Å². The zero-order chi connectivity index (χ0) is 10.5. The third kappa shape index (κ3) is 2.78. The molecule has 4 nitrogen and oxygen atoms in total. The first kappa shape index (κ1) is 10.1. The second-order valence-corrected chi connectivity index (χ2v) is 3.62. The van der Waals surface area contributed by atoms with E-state index >= 15 is 0 Å². The van der Waals surface area contributed by atoms with E-state index in [4.69, 9.17) is 0 Å². The molecule has 4 heteroatoms. The molecule has 1 aromatic rings. The number of hydrogen-bond donors (Lipinski definition) is 3. The number of amides is 1. The van der Waals surface area contributed by atoms with Crippen LogP contribution < -0.4 is 16.2 Å². The summed E-state index contributed by atoms with van der Waals surface area (Å²) in [4.78, 5) is 11.6. The van der Waals surface area contributed by atoms with Gasteiger partial charge < -0.3 is 5.32 Å². The van der Waals surface area contributed by atoms with Crippen LogP contribution >= 0.6 is 0 Å². The van der Waals surface area contributed by atoms with E-state index in [0.29, 0.717) is 6.54 Å². The average molecular weight is 205 g/mol. The Morgan fingerprint density at radius 2 is 2.20 bits per heavy atom. The van der Waals surface area contributed by atoms with Crippen LogP contribution in [-0.4, -0.2) is 18.5 Å². The maximum absolute atomic E-state index is 11.6. The van der Waals surface area contributed by atoms with Gasteiger partial charge in [0, 0.05) is 13.1 Å². The van der Waals surface area contributed by atoms with Crippen molar-refractivity contribution in [3.05, 3.63) is 35.9 Å². The fourth-order valence-corrected chi connectivity index (χ4v) is 1.59. The Bertz CT molecular complexity index is 320. The predicted octanol–water partition coefficient (Wildman–Crippen LogP) is 0.169. The fourth-order valence-electron chi connectivity index (χ4n) is 1.59. The molecule has 80 valence electrons. The Morgan fingerprint density at radius 3 is 2.87 bits per heavy atom. The van der Waals surface area contributed by atoms with Crippen molar-refractivity contribution in [2.75, 3.05) is 6.54 Å². The molecule has 1 atom stereocenters. The van der Waals surface area contributed by atoms with Gasteiger partial charge in [-0.2, -0.15) is 0 Å². The van der Waals surface area contributed by atoms with Crippen LogP contribution in [0.4, 0.5) is 0 Å². The fraction of sp³-hybridized carbons (Fsp3) is 0.364. The molecule has 0 saturated carbocycles. The highest BCUT2D eigenvalue weighted by Crippen LogP contribution is 1.99. The molecule has 1 saturated heterocycles. The molecule has 0 aromatic heterocycles. The zero-order valence-corrected chi connectivity index (χ0v) is 8.49. The Kier molecular flexibility index (Phi) is 3.32. The SMILES string of the molecule is O=C(NCc1ccccc1)C1CCNN1. The quantitative estimate of drug-likeness (QED) is 0.659. The van der Waals surface area contributed by atoms with Gasteiger partial charge in [-0.15, -0.1) is 0 Å². The molecule has 1 heterocycles. The van der Waals surface area contributed by atoms with E-state index in [2.05, 4.69) is 16.2 Å². The summed E-state index contributed by atoms with van der Waals surface area (Å²) < 4.78 is 0. The average Bonchev–Trinajstić information content (AvgIpc) is 2.81. The van der Waals surface area contributed by atoms with Crippen molar-refractivity contribution >= 4 is 5.91 Å². The standard InChI is InChI=1S/C11H15N3O/c15-11(10-6-7-13-14-10)12-8-9-4-2-1-3-5-9/h1-5,10,13-14H,6-8H2,(H,12,15). The van der Waals surface area contributed by atoms with Gasteiger partial charge in [0.15, 0.2) is 0 Å². The minimum Gasteiger partial charge on any atom is -0.351 e. The molecule has 1 unspecified atom stereocenters. The zero-order valence-electron chi connectivity index (χ0n) is 8.49. The summed E-state index contributed by atoms with van der Waals surface area (Å²) in [6, 6.07) is 9.82. The van der Waals surface area contributed by atoms with Gasteiger partial charge in [-0.1, -0.05) is 30.3 Å². The van der Waals surface area contributed by atoms with Crippen molar-refractivity contribution in [1.29, 1.82) is 0 Å². The number of carbonyl (C=O) groups excluding carboxylic acids is 1. The summed E-state index contributed by atoms with van der Waals surface area (Å²) >= 11 is 0. The normalized spacial score (nSPS) is 20.1. The number of hydrogen-bond acceptors (Lipinski definition) is 3. The molecule has 0 radical (unpaired) electrons. The molecule has 1 aliphatic rings. The van der Waals surface area contributed by atoms with Crippen molar-refractivity contribution < 1.29 is 4.79 Å². The second-order valence-electron chi connectivity index (χ2n) is 3.62. The molecule has 1 fully saturated rings. The summed E-state index contributed by atoms with van der Waals surface area (Å²) in [5.74, 6) is 0.0591. The van der Waals surface area contributed by atoms with E-state index in [0.717, 1.165) is 18.5 Å². The first-order valence-corrected chi connectivity index (χ1v) is 5.16. The van der Waals surface area contributed by atoms with Crippen LogP contribution in [0.3, 0.4) is 0 Å². The van der Waals surface area contributed by atoms with Gasteiger partial charge in [-0.05, 0) is 12.0 Å². The molecule has 1 aliphatic heterocycles. The highest BCUT2D eigenvalue weighted by molar-refractivity contribution is 5.81. The van der Waals surface area contributed by atoms with Gasteiger partial charge in [-0.3, -0.25) is 10.2 Å². The summed E-state index contributed by atoms with van der Waals surface area (Å²) in [5.41, 5.74) is 6.99. The number of rotatable bonds is 3. The lowest BCUT2D eigenvalue weighted by molar-refractivity contribution is -0.123. The van der Waals surface area contributed by atoms with Crippen LogP contribution in [0.2, 0.25) is 0 Å². The Balaban J connectivity index is 1.80. The summed E-state index contributed by atoms with van der Waals surface area (Å²) in [6.45, 7) is 1.45. The number of carbonyl (C=O) groups is 1. The van der Waals surface area contributed by atoms with Crippen molar-refractivity contribution in [1.82, 2.24) is 16.2 Å². The summed E-state index contributed by atoms with van der Waals surface area (Å²) in [5, 5.41) is 2.90. The third-order valence-corrected chi connectivity index (χ3v) is 2.46. The third-order valence-electron chi connectivity index (χ3n) is 2.46. The van der Waals surface area contributed by atoms with E-state index in [9.17, 15) is 4.79 Å². The summed E-state index contributed by atoms with van der Waals surface area (Å²) in [7, 11) is 0. The van der Waals surface area contributed by atoms with Gasteiger partial charge in [-0.25, -0.2) is 5.43 Å². The van der Waals surface area contributed by atoms with E-state index in [1.165, 1.54) is 0 Å². The van der Waals surface area contributed by atoms with Crippen LogP contribution in [0.25, 0.3) is 0 Å². The lowest BCUT2D eigenvalue weighted by Crippen LogP contribution is -2.42. The Morgan fingerprint density at radius 1 is 1.40 bits per heavy atom. The first-order chi connectivity index (χ1) is 7.36. The smallest absolute Gasteiger partial charge is 0.238 e. The lowest BCUT2D eigenvalue weighted by atomic mass is 10.2. The maximum Gasteiger partial charge on any atom is 0.238 e. The number of benzene rings is 1. The molecule has 0 aliphatic carbocycles. The van der Waals surface area contributed by atoms with Crippen molar-refractivity contribution in [2.45, 2.75) is 19.0 Å².